The summed E-state index contributed by atoms with van der Waals surface area (Å²) >= 11 is 0. The highest BCUT2D eigenvalue weighted by Gasteiger charge is 2.25. The van der Waals surface area contributed by atoms with Crippen LogP contribution in [0.25, 0.3) is 10.9 Å². The Balaban J connectivity index is 1.70. The first-order chi connectivity index (χ1) is 12.0. The largest absolute Gasteiger partial charge is 0.506 e. The van der Waals surface area contributed by atoms with Crippen molar-refractivity contribution in [1.29, 1.82) is 0 Å². The number of hydrogen-bond acceptors (Lipinski definition) is 1. The van der Waals surface area contributed by atoms with Crippen LogP contribution in [0.2, 0.25) is 0 Å². The number of nitrogens with one attached hydrogen (secondary N) is 2. The first kappa shape index (κ1) is 16.1. The van der Waals surface area contributed by atoms with Gasteiger partial charge in [0.25, 0.3) is 0 Å². The molecule has 3 nitrogen and oxygen atoms in total. The minimum Gasteiger partial charge on any atom is -0.506 e. The summed E-state index contributed by atoms with van der Waals surface area (Å²) < 4.78 is 0. The van der Waals surface area contributed by atoms with Gasteiger partial charge in [0.05, 0.1) is 11.9 Å². The molecule has 25 heavy (non-hydrogen) atoms. The van der Waals surface area contributed by atoms with Gasteiger partial charge in [-0.3, -0.25) is 0 Å². The lowest BCUT2D eigenvalue weighted by Gasteiger charge is -2.26. The van der Waals surface area contributed by atoms with E-state index in [0.29, 0.717) is 5.75 Å². The molecule has 1 atom stereocenters. The maximum absolute atomic E-state index is 10.9. The third-order valence-electron chi connectivity index (χ3n) is 5.78. The number of aromatic nitrogens is 1. The van der Waals surface area contributed by atoms with Crippen molar-refractivity contribution in [2.45, 2.75) is 40.3 Å². The van der Waals surface area contributed by atoms with Crippen LogP contribution in [-0.4, -0.2) is 11.7 Å². The molecule has 0 saturated heterocycles. The average molecular weight is 334 g/mol. The number of aryl methyl sites for hydroxylation is 3. The number of quaternary nitrogens is 1. The van der Waals surface area contributed by atoms with Crippen molar-refractivity contribution in [3.05, 3.63) is 69.9 Å². The van der Waals surface area contributed by atoms with E-state index < -0.39 is 0 Å². The highest BCUT2D eigenvalue weighted by molar-refractivity contribution is 5.86. The van der Waals surface area contributed by atoms with E-state index in [0.717, 1.165) is 48.2 Å². The molecule has 0 radical (unpaired) electrons. The molecule has 3 aromatic rings. The van der Waals surface area contributed by atoms with Gasteiger partial charge in [-0.05, 0) is 31.0 Å². The first-order valence-corrected chi connectivity index (χ1v) is 9.08. The van der Waals surface area contributed by atoms with Gasteiger partial charge in [0.2, 0.25) is 5.52 Å². The fourth-order valence-corrected chi connectivity index (χ4v) is 4.04. The van der Waals surface area contributed by atoms with Gasteiger partial charge in [0, 0.05) is 24.5 Å². The van der Waals surface area contributed by atoms with Crippen molar-refractivity contribution in [2.75, 3.05) is 6.54 Å². The Morgan fingerprint density at radius 1 is 1.04 bits per heavy atom. The van der Waals surface area contributed by atoms with Gasteiger partial charge in [-0.25, -0.2) is 4.98 Å². The van der Waals surface area contributed by atoms with Crippen molar-refractivity contribution < 1.29 is 15.0 Å². The minimum absolute atomic E-state index is 0.445. The zero-order valence-electron chi connectivity index (χ0n) is 15.2. The third-order valence-corrected chi connectivity index (χ3v) is 5.78. The molecule has 0 bridgehead atoms. The number of fused-ring (bicyclic) bond motifs is 2. The zero-order valence-corrected chi connectivity index (χ0v) is 15.2. The summed E-state index contributed by atoms with van der Waals surface area (Å²) in [6.45, 7) is 9.29. The second-order valence-electron chi connectivity index (χ2n) is 7.38. The van der Waals surface area contributed by atoms with Crippen LogP contribution in [0, 0.1) is 20.8 Å². The molecule has 128 valence electrons. The van der Waals surface area contributed by atoms with Gasteiger partial charge >= 0.3 is 0 Å². The maximum atomic E-state index is 10.9. The van der Waals surface area contributed by atoms with Crippen LogP contribution >= 0.6 is 0 Å². The SMILES string of the molecule is Cc1ccc2c(O)c(C[NH+]3CCc4ccccc4C3)c(C)[nH+]c2c1C. The van der Waals surface area contributed by atoms with Crippen LogP contribution in [0.5, 0.6) is 5.75 Å². The molecule has 0 aliphatic carbocycles. The predicted molar refractivity (Wildman–Crippen MR) is 99.8 cm³/mol. The molecule has 0 amide bonds. The Labute approximate surface area is 148 Å². The lowest BCUT2D eigenvalue weighted by atomic mass is 9.98. The molecule has 3 N–H and O–H groups in total. The van der Waals surface area contributed by atoms with Gasteiger partial charge in [-0.15, -0.1) is 0 Å². The maximum Gasteiger partial charge on any atom is 0.217 e. The van der Waals surface area contributed by atoms with Crippen LogP contribution < -0.4 is 9.88 Å². The van der Waals surface area contributed by atoms with Gasteiger partial charge in [-0.1, -0.05) is 30.3 Å². The summed E-state index contributed by atoms with van der Waals surface area (Å²) in [6, 6.07) is 12.9. The lowest BCUT2D eigenvalue weighted by molar-refractivity contribution is -0.929. The Morgan fingerprint density at radius 2 is 1.80 bits per heavy atom. The zero-order chi connectivity index (χ0) is 17.6. The smallest absolute Gasteiger partial charge is 0.217 e. The highest BCUT2D eigenvalue weighted by atomic mass is 16.3. The molecule has 1 unspecified atom stereocenters. The van der Waals surface area contributed by atoms with Gasteiger partial charge in [-0.2, -0.15) is 0 Å². The fourth-order valence-electron chi connectivity index (χ4n) is 4.04. The summed E-state index contributed by atoms with van der Waals surface area (Å²) in [5, 5.41) is 11.9. The highest BCUT2D eigenvalue weighted by Crippen LogP contribution is 2.30. The second-order valence-corrected chi connectivity index (χ2v) is 7.38. The number of hydrogen-bond donors (Lipinski definition) is 2. The first-order valence-electron chi connectivity index (χ1n) is 9.08. The minimum atomic E-state index is 0.445. The number of H-pyrrole nitrogens is 1. The van der Waals surface area contributed by atoms with E-state index in [-0.39, 0.29) is 0 Å². The monoisotopic (exact) mass is 334 g/mol. The van der Waals surface area contributed by atoms with E-state index >= 15 is 0 Å². The van der Waals surface area contributed by atoms with Crippen molar-refractivity contribution in [3.63, 3.8) is 0 Å². The van der Waals surface area contributed by atoms with Crippen LogP contribution in [0.1, 0.15) is 33.5 Å². The molecule has 4 rings (SSSR count). The number of aromatic hydroxyl groups is 1. The molecule has 0 fully saturated rings. The molecular formula is C22H26N2O+2. The molecule has 3 heteroatoms. The van der Waals surface area contributed by atoms with Crippen molar-refractivity contribution in [2.24, 2.45) is 0 Å². The van der Waals surface area contributed by atoms with E-state index in [9.17, 15) is 5.11 Å². The number of pyridine rings is 1. The van der Waals surface area contributed by atoms with Crippen LogP contribution in [0.4, 0.5) is 0 Å². The summed E-state index contributed by atoms with van der Waals surface area (Å²) in [5.74, 6) is 0.445. The second kappa shape index (κ2) is 6.16. The molecule has 0 saturated carbocycles. The molecule has 1 aromatic heterocycles. The van der Waals surface area contributed by atoms with Crippen molar-refractivity contribution >= 4 is 10.9 Å². The third kappa shape index (κ3) is 2.79. The van der Waals surface area contributed by atoms with E-state index in [1.165, 1.54) is 27.2 Å². The van der Waals surface area contributed by atoms with Crippen LogP contribution in [-0.2, 0) is 19.5 Å². The van der Waals surface area contributed by atoms with Crippen molar-refractivity contribution in [3.8, 4) is 5.75 Å². The van der Waals surface area contributed by atoms with Gasteiger partial charge in [0.15, 0.2) is 5.69 Å². The number of aromatic amines is 1. The van der Waals surface area contributed by atoms with Crippen LogP contribution in [0.15, 0.2) is 36.4 Å². The van der Waals surface area contributed by atoms with Crippen molar-refractivity contribution in [1.82, 2.24) is 0 Å². The molecule has 0 spiro atoms. The van der Waals surface area contributed by atoms with E-state index in [1.807, 2.05) is 6.07 Å². The Bertz CT molecular complexity index is 962. The van der Waals surface area contributed by atoms with E-state index in [1.54, 1.807) is 0 Å². The Kier molecular flexibility index (Phi) is 3.97. The Morgan fingerprint density at radius 3 is 2.60 bits per heavy atom. The number of rotatable bonds is 2. The topological polar surface area (TPSA) is 38.8 Å². The van der Waals surface area contributed by atoms with E-state index in [2.05, 4.69) is 56.1 Å². The lowest BCUT2D eigenvalue weighted by Crippen LogP contribution is -3.10. The predicted octanol–water partition coefficient (Wildman–Crippen LogP) is 2.43. The fraction of sp³-hybridized carbons (Fsp3) is 0.318. The number of benzene rings is 2. The summed E-state index contributed by atoms with van der Waals surface area (Å²) in [4.78, 5) is 5.05. The molecule has 2 heterocycles. The molecule has 1 aliphatic heterocycles. The average Bonchev–Trinajstić information content (AvgIpc) is 2.62. The summed E-state index contributed by atoms with van der Waals surface area (Å²) in [7, 11) is 0. The van der Waals surface area contributed by atoms with Crippen LogP contribution in [0.3, 0.4) is 0 Å². The Hall–Kier alpha value is -2.39. The normalized spacial score (nSPS) is 16.8. The quantitative estimate of drug-likeness (QED) is 0.742. The standard InChI is InChI=1S/C22H24N2O/c1-14-8-9-19-21(15(14)2)23-16(3)20(22(19)25)13-24-11-10-17-6-4-5-7-18(17)12-24/h4-9H,10-13H2,1-3H3,(H,23,25)/p+2. The van der Waals surface area contributed by atoms with Gasteiger partial charge in [0.1, 0.15) is 24.4 Å². The summed E-state index contributed by atoms with van der Waals surface area (Å²) in [6.07, 6.45) is 1.11. The summed E-state index contributed by atoms with van der Waals surface area (Å²) in [5.41, 5.74) is 8.55. The van der Waals surface area contributed by atoms with E-state index in [4.69, 9.17) is 0 Å². The molecule has 1 aliphatic rings. The van der Waals surface area contributed by atoms with Gasteiger partial charge < -0.3 is 10.0 Å². The molecular weight excluding hydrogens is 308 g/mol. The molecule has 2 aromatic carbocycles.